The smallest absolute Gasteiger partial charge is 0.373 e. The highest BCUT2D eigenvalue weighted by atomic mass is 16.5. The van der Waals surface area contributed by atoms with Gasteiger partial charge in [-0.3, -0.25) is 0 Å². The predicted octanol–water partition coefficient (Wildman–Crippen LogP) is 3.15. The van der Waals surface area contributed by atoms with Gasteiger partial charge in [-0.1, -0.05) is 6.42 Å². The second-order valence-electron chi connectivity index (χ2n) is 6.26. The number of carbonyl (C=O) groups is 1. The standard InChI is InChI=1S/C16H23NO3/c1-10(14-5-6-15(20-14)16(18)19-2)17-9-13-8-11-3-4-12(13)7-11/h5-6,10-13,17H,3-4,7-9H2,1-2H3. The summed E-state index contributed by atoms with van der Waals surface area (Å²) in [6.45, 7) is 3.13. The Morgan fingerprint density at radius 2 is 2.30 bits per heavy atom. The van der Waals surface area contributed by atoms with E-state index in [1.54, 1.807) is 6.07 Å². The Bertz CT molecular complexity index is 482. The largest absolute Gasteiger partial charge is 0.463 e. The number of fused-ring (bicyclic) bond motifs is 2. The SMILES string of the molecule is COC(=O)c1ccc(C(C)NCC2CC3CCC2C3)o1. The van der Waals surface area contributed by atoms with Crippen LogP contribution < -0.4 is 5.32 Å². The lowest BCUT2D eigenvalue weighted by Crippen LogP contribution is -2.28. The van der Waals surface area contributed by atoms with Crippen LogP contribution in [0.5, 0.6) is 0 Å². The molecule has 2 saturated carbocycles. The monoisotopic (exact) mass is 277 g/mol. The van der Waals surface area contributed by atoms with Crippen molar-refractivity contribution < 1.29 is 13.9 Å². The summed E-state index contributed by atoms with van der Waals surface area (Å²) < 4.78 is 10.2. The Hall–Kier alpha value is -1.29. The van der Waals surface area contributed by atoms with E-state index in [1.165, 1.54) is 32.8 Å². The van der Waals surface area contributed by atoms with Crippen LogP contribution in [0.15, 0.2) is 16.5 Å². The molecule has 2 bridgehead atoms. The molecule has 20 heavy (non-hydrogen) atoms. The van der Waals surface area contributed by atoms with Crippen molar-refractivity contribution in [2.75, 3.05) is 13.7 Å². The van der Waals surface area contributed by atoms with E-state index in [1.807, 2.05) is 6.07 Å². The first-order valence-electron chi connectivity index (χ1n) is 7.58. The summed E-state index contributed by atoms with van der Waals surface area (Å²) in [5.41, 5.74) is 0. The molecule has 4 nitrogen and oxygen atoms in total. The van der Waals surface area contributed by atoms with Gasteiger partial charge in [0.1, 0.15) is 5.76 Å². The fraction of sp³-hybridized carbons (Fsp3) is 0.688. The quantitative estimate of drug-likeness (QED) is 0.840. The molecule has 3 rings (SSSR count). The Kier molecular flexibility index (Phi) is 3.83. The number of methoxy groups -OCH3 is 1. The summed E-state index contributed by atoms with van der Waals surface area (Å²) in [5.74, 6) is 3.39. The normalized spacial score (nSPS) is 29.6. The van der Waals surface area contributed by atoms with Crippen molar-refractivity contribution >= 4 is 5.97 Å². The molecule has 1 N–H and O–H groups in total. The molecule has 2 aliphatic rings. The second-order valence-corrected chi connectivity index (χ2v) is 6.26. The number of furan rings is 1. The average Bonchev–Trinajstić information content (AvgIpc) is 3.18. The van der Waals surface area contributed by atoms with Crippen LogP contribution in [-0.4, -0.2) is 19.6 Å². The van der Waals surface area contributed by atoms with Crippen LogP contribution in [0.3, 0.4) is 0 Å². The Morgan fingerprint density at radius 3 is 2.95 bits per heavy atom. The van der Waals surface area contributed by atoms with Gasteiger partial charge >= 0.3 is 5.97 Å². The van der Waals surface area contributed by atoms with Crippen LogP contribution in [0.4, 0.5) is 0 Å². The van der Waals surface area contributed by atoms with Crippen molar-refractivity contribution in [3.05, 3.63) is 23.7 Å². The predicted molar refractivity (Wildman–Crippen MR) is 75.4 cm³/mol. The first kappa shape index (κ1) is 13.7. The van der Waals surface area contributed by atoms with Crippen molar-refractivity contribution in [3.8, 4) is 0 Å². The minimum Gasteiger partial charge on any atom is -0.463 e. The van der Waals surface area contributed by atoms with Gasteiger partial charge in [-0.25, -0.2) is 4.79 Å². The summed E-state index contributed by atoms with van der Waals surface area (Å²) >= 11 is 0. The number of ether oxygens (including phenoxy) is 1. The highest BCUT2D eigenvalue weighted by Gasteiger charge is 2.39. The third-order valence-electron chi connectivity index (χ3n) is 5.01. The fourth-order valence-corrected chi connectivity index (χ4v) is 3.85. The summed E-state index contributed by atoms with van der Waals surface area (Å²) in [7, 11) is 1.36. The van der Waals surface area contributed by atoms with Gasteiger partial charge < -0.3 is 14.5 Å². The van der Waals surface area contributed by atoms with Crippen molar-refractivity contribution in [1.82, 2.24) is 5.32 Å². The molecule has 4 atom stereocenters. The number of carbonyl (C=O) groups excluding carboxylic acids is 1. The minimum absolute atomic E-state index is 0.132. The molecule has 0 saturated heterocycles. The van der Waals surface area contributed by atoms with Crippen LogP contribution >= 0.6 is 0 Å². The molecule has 1 aromatic heterocycles. The van der Waals surface area contributed by atoms with Gasteiger partial charge in [-0.05, 0) is 62.6 Å². The van der Waals surface area contributed by atoms with E-state index in [9.17, 15) is 4.79 Å². The lowest BCUT2D eigenvalue weighted by molar-refractivity contribution is 0.0562. The fourth-order valence-electron chi connectivity index (χ4n) is 3.85. The van der Waals surface area contributed by atoms with E-state index in [-0.39, 0.29) is 11.8 Å². The topological polar surface area (TPSA) is 51.5 Å². The van der Waals surface area contributed by atoms with E-state index in [0.717, 1.165) is 30.1 Å². The molecule has 0 aliphatic heterocycles. The van der Waals surface area contributed by atoms with Gasteiger partial charge in [0.05, 0.1) is 13.2 Å². The van der Waals surface area contributed by atoms with Crippen LogP contribution in [0.1, 0.15) is 55.0 Å². The lowest BCUT2D eigenvalue weighted by Gasteiger charge is -2.23. The van der Waals surface area contributed by atoms with Crippen molar-refractivity contribution in [1.29, 1.82) is 0 Å². The average molecular weight is 277 g/mol. The number of hydrogen-bond donors (Lipinski definition) is 1. The van der Waals surface area contributed by atoms with Gasteiger partial charge in [0, 0.05) is 0 Å². The third kappa shape index (κ3) is 2.62. The van der Waals surface area contributed by atoms with E-state index >= 15 is 0 Å². The summed E-state index contributed by atoms with van der Waals surface area (Å²) in [5, 5.41) is 3.55. The first-order chi connectivity index (χ1) is 9.67. The minimum atomic E-state index is -0.420. The second kappa shape index (κ2) is 5.60. The molecule has 0 aromatic carbocycles. The van der Waals surface area contributed by atoms with E-state index in [4.69, 9.17) is 4.42 Å². The highest BCUT2D eigenvalue weighted by Crippen LogP contribution is 2.48. The maximum Gasteiger partial charge on any atom is 0.373 e. The van der Waals surface area contributed by atoms with E-state index in [0.29, 0.717) is 0 Å². The van der Waals surface area contributed by atoms with Crippen LogP contribution in [0.2, 0.25) is 0 Å². The molecule has 4 unspecified atom stereocenters. The molecule has 4 heteroatoms. The molecule has 110 valence electrons. The molecule has 1 heterocycles. The van der Waals surface area contributed by atoms with Gasteiger partial charge in [0.25, 0.3) is 0 Å². The van der Waals surface area contributed by atoms with Crippen molar-refractivity contribution in [2.45, 2.75) is 38.6 Å². The summed E-state index contributed by atoms with van der Waals surface area (Å²) in [6.07, 6.45) is 5.68. The Labute approximate surface area is 119 Å². The zero-order chi connectivity index (χ0) is 14.1. The molecule has 0 radical (unpaired) electrons. The maximum atomic E-state index is 11.4. The van der Waals surface area contributed by atoms with Crippen LogP contribution in [-0.2, 0) is 4.74 Å². The molecule has 2 fully saturated rings. The van der Waals surface area contributed by atoms with Gasteiger partial charge in [-0.2, -0.15) is 0 Å². The van der Waals surface area contributed by atoms with Gasteiger partial charge in [-0.15, -0.1) is 0 Å². The van der Waals surface area contributed by atoms with Gasteiger partial charge in [0.15, 0.2) is 0 Å². The third-order valence-corrected chi connectivity index (χ3v) is 5.01. The van der Waals surface area contributed by atoms with Crippen LogP contribution in [0, 0.1) is 17.8 Å². The zero-order valence-corrected chi connectivity index (χ0v) is 12.2. The van der Waals surface area contributed by atoms with Crippen LogP contribution in [0.25, 0.3) is 0 Å². The molecular weight excluding hydrogens is 254 g/mol. The van der Waals surface area contributed by atoms with Crippen molar-refractivity contribution in [2.24, 2.45) is 17.8 Å². The van der Waals surface area contributed by atoms with Crippen molar-refractivity contribution in [3.63, 3.8) is 0 Å². The molecule has 2 aliphatic carbocycles. The number of esters is 1. The number of hydrogen-bond acceptors (Lipinski definition) is 4. The zero-order valence-electron chi connectivity index (χ0n) is 12.2. The summed E-state index contributed by atoms with van der Waals surface area (Å²) in [6, 6.07) is 3.66. The van der Waals surface area contributed by atoms with Gasteiger partial charge in [0.2, 0.25) is 5.76 Å². The number of nitrogens with one attached hydrogen (secondary N) is 1. The number of rotatable bonds is 5. The Balaban J connectivity index is 1.52. The molecule has 0 amide bonds. The molecule has 1 aromatic rings. The highest BCUT2D eigenvalue weighted by molar-refractivity contribution is 5.86. The Morgan fingerprint density at radius 1 is 1.45 bits per heavy atom. The molecular formula is C16H23NO3. The lowest BCUT2D eigenvalue weighted by atomic mass is 9.88. The maximum absolute atomic E-state index is 11.4. The van der Waals surface area contributed by atoms with E-state index < -0.39 is 5.97 Å². The first-order valence-corrected chi connectivity index (χ1v) is 7.58. The summed E-state index contributed by atoms with van der Waals surface area (Å²) in [4.78, 5) is 11.4. The molecule has 0 spiro atoms. The van der Waals surface area contributed by atoms with E-state index in [2.05, 4.69) is 17.0 Å².